The molecule has 3 heterocycles. The fourth-order valence-corrected chi connectivity index (χ4v) is 5.30. The Morgan fingerprint density at radius 3 is 2.47 bits per heavy atom. The molecule has 0 fully saturated rings. The van der Waals surface area contributed by atoms with Gasteiger partial charge in [-0.05, 0) is 65.4 Å². The number of aromatic nitrogens is 3. The predicted octanol–water partition coefficient (Wildman–Crippen LogP) is 4.99. The van der Waals surface area contributed by atoms with Crippen LogP contribution in [0, 0.1) is 6.92 Å². The molecule has 11 nitrogen and oxygen atoms in total. The van der Waals surface area contributed by atoms with E-state index in [1.807, 2.05) is 45.9 Å². The number of carbonyl (C=O) groups is 1. The van der Waals surface area contributed by atoms with Crippen LogP contribution in [0.25, 0.3) is 16.6 Å². The topological polar surface area (TPSA) is 147 Å². The van der Waals surface area contributed by atoms with Crippen molar-refractivity contribution in [2.75, 3.05) is 41.8 Å². The molecule has 2 aromatic heterocycles. The minimum atomic E-state index is -3.61. The molecule has 4 N–H and O–H groups in total. The Bertz CT molecular complexity index is 1860. The number of sulfonamides is 1. The van der Waals surface area contributed by atoms with Crippen molar-refractivity contribution in [2.45, 2.75) is 33.1 Å². The molecule has 1 amide bonds. The summed E-state index contributed by atoms with van der Waals surface area (Å²) in [5, 5.41) is 9.56. The number of fused-ring (bicyclic) bond motifs is 1. The van der Waals surface area contributed by atoms with Gasteiger partial charge in [0.05, 0.1) is 36.0 Å². The monoisotopic (exact) mass is 601 g/mol. The third-order valence-corrected chi connectivity index (χ3v) is 7.67. The molecule has 0 radical (unpaired) electrons. The van der Waals surface area contributed by atoms with Crippen LogP contribution in [0.5, 0.6) is 5.75 Å². The second kappa shape index (κ2) is 11.6. The average Bonchev–Trinajstić information content (AvgIpc) is 3.48. The van der Waals surface area contributed by atoms with Gasteiger partial charge in [0.1, 0.15) is 11.8 Å². The van der Waals surface area contributed by atoms with E-state index < -0.39 is 15.9 Å². The summed E-state index contributed by atoms with van der Waals surface area (Å²) in [6.45, 7) is 9.48. The van der Waals surface area contributed by atoms with Gasteiger partial charge in [0, 0.05) is 24.3 Å². The molecular weight excluding hydrogens is 566 g/mol. The molecule has 2 aromatic carbocycles. The Kier molecular flexibility index (Phi) is 8.08. The predicted molar refractivity (Wildman–Crippen MR) is 171 cm³/mol. The molecule has 12 heteroatoms. The molecule has 1 aliphatic heterocycles. The van der Waals surface area contributed by atoms with Gasteiger partial charge in [-0.3, -0.25) is 9.52 Å². The minimum Gasteiger partial charge on any atom is -0.492 e. The maximum Gasteiger partial charge on any atom is 0.255 e. The number of pyridine rings is 1. The summed E-state index contributed by atoms with van der Waals surface area (Å²) in [7, 11) is -2.18. The maximum absolute atomic E-state index is 13.6. The second-order valence-electron chi connectivity index (χ2n) is 11.5. The lowest BCUT2D eigenvalue weighted by atomic mass is 9.86. The Labute approximate surface area is 251 Å². The van der Waals surface area contributed by atoms with E-state index in [1.165, 1.54) is 13.4 Å². The molecular formula is C31H35N7O4S. The molecule has 0 atom stereocenters. The van der Waals surface area contributed by atoms with Crippen molar-refractivity contribution in [1.29, 1.82) is 0 Å². The van der Waals surface area contributed by atoms with Gasteiger partial charge >= 0.3 is 0 Å². The number of carbonyl (C=O) groups excluding carboxylic acids is 1. The summed E-state index contributed by atoms with van der Waals surface area (Å²) in [4.78, 5) is 27.2. The first-order valence-electron chi connectivity index (χ1n) is 13.7. The van der Waals surface area contributed by atoms with Crippen molar-refractivity contribution in [3.63, 3.8) is 0 Å². The Hall–Kier alpha value is -4.55. The zero-order valence-corrected chi connectivity index (χ0v) is 25.8. The number of nitrogens with one attached hydrogen (secondary N) is 4. The number of rotatable bonds is 8. The fraction of sp³-hybridized carbons (Fsp3) is 0.290. The Morgan fingerprint density at radius 2 is 1.79 bits per heavy atom. The fourth-order valence-electron chi connectivity index (χ4n) is 4.75. The van der Waals surface area contributed by atoms with Crippen LogP contribution in [0.4, 0.5) is 22.9 Å². The minimum absolute atomic E-state index is 0.208. The molecule has 0 unspecified atom stereocenters. The third-order valence-electron chi connectivity index (χ3n) is 7.07. The number of amides is 1. The van der Waals surface area contributed by atoms with Gasteiger partial charge in [-0.15, -0.1) is 0 Å². The van der Waals surface area contributed by atoms with E-state index in [4.69, 9.17) is 9.72 Å². The number of aryl methyl sites for hydroxylation is 1. The van der Waals surface area contributed by atoms with Crippen LogP contribution >= 0.6 is 0 Å². The van der Waals surface area contributed by atoms with Crippen molar-refractivity contribution < 1.29 is 17.9 Å². The molecule has 43 heavy (non-hydrogen) atoms. The summed E-state index contributed by atoms with van der Waals surface area (Å²) < 4.78 is 32.2. The standard InChI is InChI=1S/C31H35N7O4S/c1-18-7-8-19(30(39)37-25-14-21(31(2,3)4)15-26(28(25)42-5)38-43(6,40)41)13-24(18)36-29-27-23(33-17-34-29)10-9-22(35-27)20-11-12-32-16-20/h7-11,13-15,17,32,38H,12,16H2,1-6H3,(H,37,39)(H,33,34,36). The van der Waals surface area contributed by atoms with Gasteiger partial charge < -0.3 is 20.7 Å². The zero-order chi connectivity index (χ0) is 30.9. The normalized spacial score (nSPS) is 13.5. The van der Waals surface area contributed by atoms with Crippen LogP contribution in [0.1, 0.15) is 48.0 Å². The van der Waals surface area contributed by atoms with Crippen molar-refractivity contribution in [3.8, 4) is 5.75 Å². The number of hydrogen-bond acceptors (Lipinski definition) is 9. The lowest BCUT2D eigenvalue weighted by Gasteiger charge is -2.24. The van der Waals surface area contributed by atoms with Crippen molar-refractivity contribution in [2.24, 2.45) is 0 Å². The van der Waals surface area contributed by atoms with Crippen LogP contribution < -0.4 is 25.4 Å². The first-order chi connectivity index (χ1) is 20.3. The molecule has 224 valence electrons. The smallest absolute Gasteiger partial charge is 0.255 e. The molecule has 0 saturated carbocycles. The Balaban J connectivity index is 1.48. The van der Waals surface area contributed by atoms with E-state index in [0.29, 0.717) is 33.8 Å². The van der Waals surface area contributed by atoms with E-state index in [-0.39, 0.29) is 16.9 Å². The van der Waals surface area contributed by atoms with Crippen LogP contribution in [-0.4, -0.2) is 55.7 Å². The Morgan fingerprint density at radius 1 is 1.02 bits per heavy atom. The number of ether oxygens (including phenoxy) is 1. The van der Waals surface area contributed by atoms with Crippen LogP contribution in [0.15, 0.2) is 54.9 Å². The zero-order valence-electron chi connectivity index (χ0n) is 25.0. The third kappa shape index (κ3) is 6.76. The number of methoxy groups -OCH3 is 1. The van der Waals surface area contributed by atoms with Gasteiger partial charge in [-0.1, -0.05) is 32.9 Å². The first-order valence-corrected chi connectivity index (χ1v) is 15.6. The quantitative estimate of drug-likeness (QED) is 0.219. The van der Waals surface area contributed by atoms with E-state index in [0.717, 1.165) is 41.7 Å². The molecule has 0 saturated heterocycles. The van der Waals surface area contributed by atoms with E-state index in [1.54, 1.807) is 24.3 Å². The lowest BCUT2D eigenvalue weighted by Crippen LogP contribution is -2.18. The summed E-state index contributed by atoms with van der Waals surface area (Å²) in [6, 6.07) is 12.7. The van der Waals surface area contributed by atoms with E-state index in [2.05, 4.69) is 36.7 Å². The summed E-state index contributed by atoms with van der Waals surface area (Å²) in [5.74, 6) is 0.334. The van der Waals surface area contributed by atoms with E-state index >= 15 is 0 Å². The van der Waals surface area contributed by atoms with E-state index in [9.17, 15) is 13.2 Å². The summed E-state index contributed by atoms with van der Waals surface area (Å²) >= 11 is 0. The van der Waals surface area contributed by atoms with Gasteiger partial charge in [0.2, 0.25) is 10.0 Å². The number of nitrogens with zero attached hydrogens (tertiary/aromatic N) is 3. The molecule has 0 aliphatic carbocycles. The number of benzene rings is 2. The molecule has 0 bridgehead atoms. The first kappa shape index (κ1) is 29.9. The number of anilines is 4. The van der Waals surface area contributed by atoms with Gasteiger partial charge in [0.15, 0.2) is 11.6 Å². The number of hydrogen-bond donors (Lipinski definition) is 4. The molecule has 4 aromatic rings. The SMILES string of the molecule is COc1c(NC(=O)c2ccc(C)c(Nc3ncnc4ccc(C5=CCNC5)nc34)c2)cc(C(C)(C)C)cc1NS(C)(=O)=O. The van der Waals surface area contributed by atoms with Crippen molar-refractivity contribution in [1.82, 2.24) is 20.3 Å². The summed E-state index contributed by atoms with van der Waals surface area (Å²) in [5.41, 5.74) is 6.31. The highest BCUT2D eigenvalue weighted by Crippen LogP contribution is 2.39. The van der Waals surface area contributed by atoms with Crippen molar-refractivity contribution >= 4 is 55.4 Å². The highest BCUT2D eigenvalue weighted by molar-refractivity contribution is 7.92. The average molecular weight is 602 g/mol. The van der Waals surface area contributed by atoms with Crippen molar-refractivity contribution in [3.05, 3.63) is 77.3 Å². The lowest BCUT2D eigenvalue weighted by molar-refractivity contribution is 0.102. The van der Waals surface area contributed by atoms with Crippen LogP contribution in [0.2, 0.25) is 0 Å². The largest absolute Gasteiger partial charge is 0.492 e. The molecule has 0 spiro atoms. The maximum atomic E-state index is 13.6. The summed E-state index contributed by atoms with van der Waals surface area (Å²) in [6.07, 6.45) is 4.66. The highest BCUT2D eigenvalue weighted by Gasteiger charge is 2.23. The van der Waals surface area contributed by atoms with Gasteiger partial charge in [-0.25, -0.2) is 23.4 Å². The highest BCUT2D eigenvalue weighted by atomic mass is 32.2. The van der Waals surface area contributed by atoms with Gasteiger partial charge in [-0.2, -0.15) is 0 Å². The van der Waals surface area contributed by atoms with Crippen LogP contribution in [0.3, 0.4) is 0 Å². The van der Waals surface area contributed by atoms with Crippen LogP contribution in [-0.2, 0) is 15.4 Å². The van der Waals surface area contributed by atoms with Gasteiger partial charge in [0.25, 0.3) is 5.91 Å². The molecule has 5 rings (SSSR count). The second-order valence-corrected chi connectivity index (χ2v) is 13.2. The molecule has 1 aliphatic rings.